The molecule has 1 N–H and O–H groups in total. The first kappa shape index (κ1) is 13.4. The monoisotopic (exact) mass is 263 g/mol. The second-order valence-electron chi connectivity index (χ2n) is 5.55. The van der Waals surface area contributed by atoms with Crippen LogP contribution in [0.3, 0.4) is 0 Å². The largest absolute Gasteiger partial charge is 0.465 e. The van der Waals surface area contributed by atoms with E-state index in [-0.39, 0.29) is 6.54 Å². The van der Waals surface area contributed by atoms with E-state index in [0.29, 0.717) is 5.56 Å². The van der Waals surface area contributed by atoms with Gasteiger partial charge in [-0.1, -0.05) is 24.3 Å². The molecule has 1 atom stereocenters. The number of carbonyl (C=O) groups excluding carboxylic acids is 1. The maximum absolute atomic E-state index is 12.2. The van der Waals surface area contributed by atoms with E-state index in [9.17, 15) is 14.7 Å². The van der Waals surface area contributed by atoms with E-state index in [1.165, 1.54) is 0 Å². The molecule has 1 aliphatic rings. The number of hydrogen-bond acceptors (Lipinski definition) is 3. The molecule has 5 heteroatoms. The standard InChI is InChI=1S/C14H17NO4/c1-14(2,3)19-12(16)11-10-7-5-4-6-9(10)8-15(11)13(17)18/h4-7,11H,8H2,1-3H3,(H,17,18). The second-order valence-corrected chi connectivity index (χ2v) is 5.55. The van der Waals surface area contributed by atoms with Crippen molar-refractivity contribution in [3.63, 3.8) is 0 Å². The van der Waals surface area contributed by atoms with Crippen LogP contribution in [0.4, 0.5) is 4.79 Å². The quantitative estimate of drug-likeness (QED) is 0.791. The van der Waals surface area contributed by atoms with Crippen LogP contribution in [-0.4, -0.2) is 27.7 Å². The summed E-state index contributed by atoms with van der Waals surface area (Å²) in [5.41, 5.74) is 0.915. The lowest BCUT2D eigenvalue weighted by Gasteiger charge is -2.26. The van der Waals surface area contributed by atoms with Gasteiger partial charge in [0.2, 0.25) is 0 Å². The molecule has 1 unspecified atom stereocenters. The highest BCUT2D eigenvalue weighted by Gasteiger charge is 2.40. The molecule has 5 nitrogen and oxygen atoms in total. The number of ether oxygens (including phenoxy) is 1. The number of carbonyl (C=O) groups is 2. The second kappa shape index (κ2) is 4.57. The normalized spacial score (nSPS) is 18.1. The van der Waals surface area contributed by atoms with E-state index in [0.717, 1.165) is 10.5 Å². The van der Waals surface area contributed by atoms with Gasteiger partial charge >= 0.3 is 12.1 Å². The third-order valence-electron chi connectivity index (χ3n) is 2.88. The van der Waals surface area contributed by atoms with E-state index in [2.05, 4.69) is 0 Å². The van der Waals surface area contributed by atoms with E-state index in [1.54, 1.807) is 32.9 Å². The molecule has 0 saturated carbocycles. The van der Waals surface area contributed by atoms with Crippen LogP contribution < -0.4 is 0 Å². The number of rotatable bonds is 1. The predicted octanol–water partition coefficient (Wildman–Crippen LogP) is 2.56. The fourth-order valence-electron chi connectivity index (χ4n) is 2.18. The Kier molecular flexibility index (Phi) is 3.22. The summed E-state index contributed by atoms with van der Waals surface area (Å²) in [6.45, 7) is 5.50. The van der Waals surface area contributed by atoms with Gasteiger partial charge < -0.3 is 9.84 Å². The smallest absolute Gasteiger partial charge is 0.408 e. The van der Waals surface area contributed by atoms with Gasteiger partial charge in [0, 0.05) is 0 Å². The van der Waals surface area contributed by atoms with Crippen LogP contribution in [0.5, 0.6) is 0 Å². The first-order valence-electron chi connectivity index (χ1n) is 6.10. The fraction of sp³-hybridized carbons (Fsp3) is 0.429. The van der Waals surface area contributed by atoms with Crippen molar-refractivity contribution < 1.29 is 19.4 Å². The molecule has 1 amide bonds. The number of esters is 1. The molecule has 0 aromatic heterocycles. The number of benzene rings is 1. The predicted molar refractivity (Wildman–Crippen MR) is 68.6 cm³/mol. The van der Waals surface area contributed by atoms with Crippen molar-refractivity contribution >= 4 is 12.1 Å². The zero-order valence-electron chi connectivity index (χ0n) is 11.2. The van der Waals surface area contributed by atoms with Crippen LogP contribution in [-0.2, 0) is 16.1 Å². The zero-order valence-corrected chi connectivity index (χ0v) is 11.2. The van der Waals surface area contributed by atoms with Gasteiger partial charge in [0.05, 0.1) is 6.54 Å². The summed E-state index contributed by atoms with van der Waals surface area (Å²) in [7, 11) is 0. The van der Waals surface area contributed by atoms with Crippen LogP contribution in [0.25, 0.3) is 0 Å². The van der Waals surface area contributed by atoms with Crippen molar-refractivity contribution in [1.82, 2.24) is 4.90 Å². The molecule has 0 spiro atoms. The third-order valence-corrected chi connectivity index (χ3v) is 2.88. The van der Waals surface area contributed by atoms with Gasteiger partial charge in [0.25, 0.3) is 0 Å². The lowest BCUT2D eigenvalue weighted by atomic mass is 10.0. The maximum atomic E-state index is 12.2. The van der Waals surface area contributed by atoms with Gasteiger partial charge in [0.1, 0.15) is 5.60 Å². The van der Waals surface area contributed by atoms with Crippen LogP contribution in [0.1, 0.15) is 37.9 Å². The van der Waals surface area contributed by atoms with Crippen LogP contribution in [0, 0.1) is 0 Å². The Morgan fingerprint density at radius 1 is 1.32 bits per heavy atom. The van der Waals surface area contributed by atoms with E-state index in [4.69, 9.17) is 4.74 Å². The van der Waals surface area contributed by atoms with Gasteiger partial charge in [0.15, 0.2) is 6.04 Å². The highest BCUT2D eigenvalue weighted by atomic mass is 16.6. The van der Waals surface area contributed by atoms with Gasteiger partial charge in [-0.25, -0.2) is 9.59 Å². The number of fused-ring (bicyclic) bond motifs is 1. The minimum absolute atomic E-state index is 0.218. The lowest BCUT2D eigenvalue weighted by Crippen LogP contribution is -2.37. The van der Waals surface area contributed by atoms with Crippen molar-refractivity contribution in [3.05, 3.63) is 35.4 Å². The molecule has 0 bridgehead atoms. The summed E-state index contributed by atoms with van der Waals surface area (Å²) in [6, 6.07) is 6.35. The first-order valence-corrected chi connectivity index (χ1v) is 6.10. The van der Waals surface area contributed by atoms with Crippen LogP contribution in [0.2, 0.25) is 0 Å². The molecular formula is C14H17NO4. The first-order chi connectivity index (χ1) is 8.79. The maximum Gasteiger partial charge on any atom is 0.408 e. The summed E-state index contributed by atoms with van der Waals surface area (Å²) < 4.78 is 5.31. The number of amides is 1. The van der Waals surface area contributed by atoms with Crippen molar-refractivity contribution in [3.8, 4) is 0 Å². The summed E-state index contributed by atoms with van der Waals surface area (Å²) in [4.78, 5) is 24.6. The Bertz CT molecular complexity index is 518. The van der Waals surface area contributed by atoms with Gasteiger partial charge in [-0.3, -0.25) is 4.90 Å². The topological polar surface area (TPSA) is 66.8 Å². The Hall–Kier alpha value is -2.04. The SMILES string of the molecule is CC(C)(C)OC(=O)C1c2ccccc2CN1C(=O)O. The van der Waals surface area contributed by atoms with Gasteiger partial charge in [-0.2, -0.15) is 0 Å². The van der Waals surface area contributed by atoms with Crippen molar-refractivity contribution in [2.75, 3.05) is 0 Å². The molecule has 0 fully saturated rings. The Morgan fingerprint density at radius 3 is 2.53 bits per heavy atom. The Morgan fingerprint density at radius 2 is 1.95 bits per heavy atom. The molecule has 1 aromatic rings. The zero-order chi connectivity index (χ0) is 14.2. The van der Waals surface area contributed by atoms with E-state index in [1.807, 2.05) is 12.1 Å². The minimum Gasteiger partial charge on any atom is -0.465 e. The molecule has 1 aromatic carbocycles. The highest BCUT2D eigenvalue weighted by molar-refractivity contribution is 5.84. The van der Waals surface area contributed by atoms with E-state index < -0.39 is 23.7 Å². The average molecular weight is 263 g/mol. The fourth-order valence-corrected chi connectivity index (χ4v) is 2.18. The number of hydrogen-bond donors (Lipinski definition) is 1. The highest BCUT2D eigenvalue weighted by Crippen LogP contribution is 2.35. The summed E-state index contributed by atoms with van der Waals surface area (Å²) >= 11 is 0. The van der Waals surface area contributed by atoms with Crippen LogP contribution in [0.15, 0.2) is 24.3 Å². The summed E-state index contributed by atoms with van der Waals surface area (Å²) in [5, 5.41) is 9.22. The van der Waals surface area contributed by atoms with Crippen molar-refractivity contribution in [2.24, 2.45) is 0 Å². The molecule has 0 radical (unpaired) electrons. The number of carboxylic acid groups (broad SMARTS) is 1. The lowest BCUT2D eigenvalue weighted by molar-refractivity contribution is -0.160. The molecule has 0 aliphatic carbocycles. The average Bonchev–Trinajstić information content (AvgIpc) is 2.65. The van der Waals surface area contributed by atoms with Gasteiger partial charge in [-0.15, -0.1) is 0 Å². The molecule has 0 saturated heterocycles. The third kappa shape index (κ3) is 2.70. The molecule has 1 heterocycles. The molecule has 19 heavy (non-hydrogen) atoms. The Labute approximate surface area is 111 Å². The number of nitrogens with zero attached hydrogens (tertiary/aromatic N) is 1. The molecule has 2 rings (SSSR count). The van der Waals surface area contributed by atoms with Crippen molar-refractivity contribution in [1.29, 1.82) is 0 Å². The molecule has 1 aliphatic heterocycles. The summed E-state index contributed by atoms with van der Waals surface area (Å²) in [5.74, 6) is -0.528. The minimum atomic E-state index is -1.12. The van der Waals surface area contributed by atoms with E-state index >= 15 is 0 Å². The molecular weight excluding hydrogens is 246 g/mol. The Balaban J connectivity index is 2.34. The van der Waals surface area contributed by atoms with Crippen molar-refractivity contribution in [2.45, 2.75) is 39.0 Å². The van der Waals surface area contributed by atoms with Gasteiger partial charge in [-0.05, 0) is 31.9 Å². The molecule has 102 valence electrons. The summed E-state index contributed by atoms with van der Waals surface area (Å²) in [6.07, 6.45) is -1.12. The van der Waals surface area contributed by atoms with Crippen LogP contribution >= 0.6 is 0 Å².